The van der Waals surface area contributed by atoms with E-state index in [4.69, 9.17) is 4.74 Å². The van der Waals surface area contributed by atoms with Gasteiger partial charge >= 0.3 is 6.18 Å². The topological polar surface area (TPSA) is 94.1 Å². The van der Waals surface area contributed by atoms with Gasteiger partial charge in [-0.3, -0.25) is 4.98 Å². The zero-order valence-electron chi connectivity index (χ0n) is 19.5. The molecule has 0 unspecified atom stereocenters. The van der Waals surface area contributed by atoms with Gasteiger partial charge in [-0.25, -0.2) is 23.1 Å². The maximum Gasteiger partial charge on any atom is 0.416 e. The monoisotopic (exact) mass is 526 g/mol. The molecule has 7 nitrogen and oxygen atoms in total. The number of hydrogen-bond donors (Lipinski definition) is 1. The molecule has 0 spiro atoms. The van der Waals surface area contributed by atoms with Gasteiger partial charge in [0.1, 0.15) is 5.75 Å². The summed E-state index contributed by atoms with van der Waals surface area (Å²) >= 11 is 0. The second-order valence-electron chi connectivity index (χ2n) is 8.59. The molecule has 0 saturated heterocycles. The number of anilines is 1. The Morgan fingerprint density at radius 2 is 1.73 bits per heavy atom. The number of nitrogens with zero attached hydrogens (tertiary/aromatic N) is 3. The van der Waals surface area contributed by atoms with Crippen molar-refractivity contribution in [1.29, 1.82) is 0 Å². The van der Waals surface area contributed by atoms with Crippen LogP contribution in [0.2, 0.25) is 0 Å². The first-order valence-corrected chi connectivity index (χ1v) is 12.8. The van der Waals surface area contributed by atoms with Crippen LogP contribution in [0.1, 0.15) is 34.6 Å². The Kier molecular flexibility index (Phi) is 6.32. The highest BCUT2D eigenvalue weighted by Crippen LogP contribution is 2.44. The summed E-state index contributed by atoms with van der Waals surface area (Å²) in [5.41, 5.74) is 2.24. The maximum absolute atomic E-state index is 13.6. The van der Waals surface area contributed by atoms with Crippen molar-refractivity contribution in [2.24, 2.45) is 0 Å². The van der Waals surface area contributed by atoms with E-state index in [1.165, 1.54) is 30.6 Å². The summed E-state index contributed by atoms with van der Waals surface area (Å²) in [6.07, 6.45) is 0.424. The van der Waals surface area contributed by atoms with Crippen LogP contribution in [-0.4, -0.2) is 30.0 Å². The fourth-order valence-corrected chi connectivity index (χ4v) is 5.25. The summed E-state index contributed by atoms with van der Waals surface area (Å²) in [6.45, 7) is 2.11. The lowest BCUT2D eigenvalue weighted by Gasteiger charge is -2.28. The Morgan fingerprint density at radius 1 is 0.973 bits per heavy atom. The maximum atomic E-state index is 13.6. The van der Waals surface area contributed by atoms with Gasteiger partial charge in [-0.05, 0) is 54.8 Å². The van der Waals surface area contributed by atoms with Gasteiger partial charge in [-0.15, -0.1) is 0 Å². The molecule has 0 amide bonds. The van der Waals surface area contributed by atoms with Crippen LogP contribution in [0.5, 0.6) is 5.75 Å². The summed E-state index contributed by atoms with van der Waals surface area (Å²) in [4.78, 5) is 12.1. The van der Waals surface area contributed by atoms with Crippen LogP contribution in [0, 0.1) is 6.92 Å². The molecule has 0 aliphatic carbocycles. The Balaban J connectivity index is 1.56. The number of halogens is 3. The van der Waals surface area contributed by atoms with E-state index in [0.717, 1.165) is 17.7 Å². The summed E-state index contributed by atoms with van der Waals surface area (Å²) in [5.74, 6) is -0.0545. The molecular weight excluding hydrogens is 505 g/mol. The average molecular weight is 527 g/mol. The minimum atomic E-state index is -4.51. The molecule has 1 aliphatic heterocycles. The van der Waals surface area contributed by atoms with Crippen molar-refractivity contribution in [3.8, 4) is 17.0 Å². The molecular formula is C26H21F3N4O3S. The number of sulfonamides is 1. The van der Waals surface area contributed by atoms with Crippen LogP contribution in [0.3, 0.4) is 0 Å². The second kappa shape index (κ2) is 9.47. The molecule has 0 fully saturated rings. The predicted molar refractivity (Wildman–Crippen MR) is 131 cm³/mol. The van der Waals surface area contributed by atoms with Crippen molar-refractivity contribution < 1.29 is 26.3 Å². The molecule has 190 valence electrons. The largest absolute Gasteiger partial charge is 0.493 e. The van der Waals surface area contributed by atoms with E-state index in [9.17, 15) is 21.6 Å². The molecule has 0 radical (unpaired) electrons. The fourth-order valence-electron chi connectivity index (χ4n) is 4.28. The van der Waals surface area contributed by atoms with E-state index < -0.39 is 21.8 Å². The first kappa shape index (κ1) is 24.7. The third-order valence-electron chi connectivity index (χ3n) is 6.07. The Morgan fingerprint density at radius 3 is 2.43 bits per heavy atom. The van der Waals surface area contributed by atoms with Gasteiger partial charge < -0.3 is 4.74 Å². The van der Waals surface area contributed by atoms with Gasteiger partial charge in [-0.2, -0.15) is 13.2 Å². The van der Waals surface area contributed by atoms with E-state index in [-0.39, 0.29) is 23.4 Å². The molecule has 2 aromatic heterocycles. The number of nitrogens with one attached hydrogen (secondary N) is 1. The highest BCUT2D eigenvalue weighted by atomic mass is 32.2. The number of ether oxygens (including phenoxy) is 1. The first-order chi connectivity index (χ1) is 17.6. The van der Waals surface area contributed by atoms with E-state index in [1.807, 2.05) is 6.92 Å². The lowest BCUT2D eigenvalue weighted by Crippen LogP contribution is -2.19. The molecule has 3 heterocycles. The van der Waals surface area contributed by atoms with E-state index >= 15 is 0 Å². The van der Waals surface area contributed by atoms with Gasteiger partial charge in [0.25, 0.3) is 10.0 Å². The molecule has 2 aromatic carbocycles. The van der Waals surface area contributed by atoms with E-state index in [1.54, 1.807) is 30.5 Å². The van der Waals surface area contributed by atoms with Crippen molar-refractivity contribution in [3.63, 3.8) is 0 Å². The Hall–Kier alpha value is -3.99. The van der Waals surface area contributed by atoms with E-state index in [0.29, 0.717) is 34.6 Å². The normalized spacial score (nSPS) is 15.5. The smallest absolute Gasteiger partial charge is 0.416 e. The fraction of sp³-hybridized carbons (Fsp3) is 0.192. The number of rotatable bonds is 5. The number of aryl methyl sites for hydroxylation is 1. The summed E-state index contributed by atoms with van der Waals surface area (Å²) < 4.78 is 74.5. The van der Waals surface area contributed by atoms with Crippen LogP contribution in [0.15, 0.2) is 78.1 Å². The predicted octanol–water partition coefficient (Wildman–Crippen LogP) is 5.58. The molecule has 5 rings (SSSR count). The lowest BCUT2D eigenvalue weighted by molar-refractivity contribution is -0.137. The average Bonchev–Trinajstić information content (AvgIpc) is 2.88. The summed E-state index contributed by atoms with van der Waals surface area (Å²) in [7, 11) is -4.00. The zero-order chi connectivity index (χ0) is 26.2. The van der Waals surface area contributed by atoms with Gasteiger partial charge in [0.15, 0.2) is 0 Å². The van der Waals surface area contributed by atoms with Crippen LogP contribution in [-0.2, 0) is 16.2 Å². The van der Waals surface area contributed by atoms with Crippen molar-refractivity contribution in [2.75, 3.05) is 11.3 Å². The van der Waals surface area contributed by atoms with Gasteiger partial charge in [0.05, 0.1) is 22.8 Å². The second-order valence-corrected chi connectivity index (χ2v) is 10.3. The standard InChI is InChI=1S/C26H21F3N4O3S/c1-16-3-8-23(32-15-16)22-13-17(26(27,28)29)4-6-19(22)20-9-12-36-24-14-18(5-7-21(20)24)37(34,35)33-25-30-10-2-11-31-25/h2-8,10-11,13-15,20H,9,12H2,1H3,(H,30,31,33)/t20-/m1/s1. The molecule has 1 atom stereocenters. The third kappa shape index (κ3) is 5.12. The van der Waals surface area contributed by atoms with Crippen LogP contribution >= 0.6 is 0 Å². The quantitative estimate of drug-likeness (QED) is 0.365. The number of hydrogen-bond acceptors (Lipinski definition) is 6. The number of pyridine rings is 1. The number of benzene rings is 2. The van der Waals surface area contributed by atoms with Crippen LogP contribution < -0.4 is 9.46 Å². The van der Waals surface area contributed by atoms with Crippen LogP contribution in [0.4, 0.5) is 19.1 Å². The van der Waals surface area contributed by atoms with Gasteiger partial charge in [-0.1, -0.05) is 18.2 Å². The Bertz CT molecular complexity index is 1540. The summed E-state index contributed by atoms with van der Waals surface area (Å²) in [6, 6.07) is 13.2. The number of alkyl halides is 3. The van der Waals surface area contributed by atoms with Crippen molar-refractivity contribution in [2.45, 2.75) is 30.3 Å². The highest BCUT2D eigenvalue weighted by Gasteiger charge is 2.33. The molecule has 1 N–H and O–H groups in total. The number of fused-ring (bicyclic) bond motifs is 1. The van der Waals surface area contributed by atoms with Gasteiger partial charge in [0, 0.05) is 41.7 Å². The zero-order valence-corrected chi connectivity index (χ0v) is 20.3. The first-order valence-electron chi connectivity index (χ1n) is 11.3. The molecule has 1 aliphatic rings. The third-order valence-corrected chi connectivity index (χ3v) is 7.40. The molecule has 4 aromatic rings. The lowest BCUT2D eigenvalue weighted by atomic mass is 9.82. The van der Waals surface area contributed by atoms with Crippen LogP contribution in [0.25, 0.3) is 11.3 Å². The van der Waals surface area contributed by atoms with Crippen molar-refractivity contribution in [1.82, 2.24) is 15.0 Å². The molecule has 37 heavy (non-hydrogen) atoms. The van der Waals surface area contributed by atoms with Gasteiger partial charge in [0.2, 0.25) is 5.95 Å². The minimum absolute atomic E-state index is 0.0489. The van der Waals surface area contributed by atoms with Crippen molar-refractivity contribution >= 4 is 16.0 Å². The Labute approximate surface area is 211 Å². The highest BCUT2D eigenvalue weighted by molar-refractivity contribution is 7.92. The summed E-state index contributed by atoms with van der Waals surface area (Å²) in [5, 5.41) is 0. The molecule has 0 bridgehead atoms. The SMILES string of the molecule is Cc1ccc(-c2cc(C(F)(F)F)ccc2[C@H]2CCOc3cc(S(=O)(=O)Nc4ncccn4)ccc32)nc1. The van der Waals surface area contributed by atoms with Crippen molar-refractivity contribution in [3.05, 3.63) is 95.4 Å². The number of aromatic nitrogens is 3. The molecule has 11 heteroatoms. The van der Waals surface area contributed by atoms with E-state index in [2.05, 4.69) is 19.7 Å². The molecule has 0 saturated carbocycles. The minimum Gasteiger partial charge on any atom is -0.493 e.